The highest BCUT2D eigenvalue weighted by atomic mass is 16.3. The Bertz CT molecular complexity index is 751. The monoisotopic (exact) mass is 414 g/mol. The lowest BCUT2D eigenvalue weighted by Gasteiger charge is -2.59. The number of carbonyl (C=O) groups excluding carboxylic acids is 1. The molecule has 30 heavy (non-hydrogen) atoms. The summed E-state index contributed by atoms with van der Waals surface area (Å²) in [5.41, 5.74) is -0.254. The lowest BCUT2D eigenvalue weighted by Crippen LogP contribution is -2.64. The number of fused-ring (bicyclic) bond motifs is 5. The summed E-state index contributed by atoms with van der Waals surface area (Å²) in [6.45, 7) is 11.5. The standard InChI is InChI=1S/C27H42O3/c1-17(2)7-6-8-18(3)21-9-10-22-20-15-24(29)27(30)16-19(28)11-14-26(27,5)23(20)12-13-25(21,22)4/h6,8,15,17-19,21-23,28,30H,7,9-14,16H2,1-5H3/b8-6+/t18-,19+,21-,22+,23+,25-,26-,27+/m1/s1. The van der Waals surface area contributed by atoms with Gasteiger partial charge in [-0.3, -0.25) is 4.79 Å². The summed E-state index contributed by atoms with van der Waals surface area (Å²) >= 11 is 0. The first kappa shape index (κ1) is 22.3. The molecular weight excluding hydrogens is 372 g/mol. The molecule has 0 aromatic carbocycles. The van der Waals surface area contributed by atoms with E-state index in [0.29, 0.717) is 30.1 Å². The lowest BCUT2D eigenvalue weighted by atomic mass is 9.46. The van der Waals surface area contributed by atoms with E-state index in [9.17, 15) is 15.0 Å². The topological polar surface area (TPSA) is 57.5 Å². The van der Waals surface area contributed by atoms with Crippen molar-refractivity contribution in [3.05, 3.63) is 23.8 Å². The highest BCUT2D eigenvalue weighted by molar-refractivity contribution is 5.99. The second kappa shape index (κ2) is 7.59. The predicted molar refractivity (Wildman–Crippen MR) is 121 cm³/mol. The summed E-state index contributed by atoms with van der Waals surface area (Å²) in [5, 5.41) is 21.6. The van der Waals surface area contributed by atoms with Gasteiger partial charge in [-0.2, -0.15) is 0 Å². The fourth-order valence-electron chi connectivity index (χ4n) is 7.95. The third kappa shape index (κ3) is 3.18. The number of carbonyl (C=O) groups is 1. The van der Waals surface area contributed by atoms with Crippen LogP contribution in [0.5, 0.6) is 0 Å². The maximum atomic E-state index is 13.2. The Balaban J connectivity index is 1.62. The van der Waals surface area contributed by atoms with E-state index in [2.05, 4.69) is 46.8 Å². The van der Waals surface area contributed by atoms with Gasteiger partial charge in [0.1, 0.15) is 5.60 Å². The molecule has 0 spiro atoms. The minimum Gasteiger partial charge on any atom is -0.393 e. The van der Waals surface area contributed by atoms with Crippen LogP contribution in [-0.4, -0.2) is 27.7 Å². The molecule has 0 heterocycles. The molecule has 3 heteroatoms. The molecule has 0 radical (unpaired) electrons. The first-order chi connectivity index (χ1) is 14.0. The van der Waals surface area contributed by atoms with Crippen molar-refractivity contribution in [2.75, 3.05) is 0 Å². The number of hydrogen-bond donors (Lipinski definition) is 2. The summed E-state index contributed by atoms with van der Waals surface area (Å²) in [7, 11) is 0. The maximum Gasteiger partial charge on any atom is 0.187 e. The molecule has 4 aliphatic rings. The number of aliphatic hydroxyl groups is 2. The summed E-state index contributed by atoms with van der Waals surface area (Å²) in [6.07, 6.45) is 13.5. The van der Waals surface area contributed by atoms with Crippen molar-refractivity contribution in [3.8, 4) is 0 Å². The Kier molecular flexibility index (Phi) is 5.63. The van der Waals surface area contributed by atoms with Crippen LogP contribution in [0, 0.1) is 40.4 Å². The molecule has 2 N–H and O–H groups in total. The van der Waals surface area contributed by atoms with Gasteiger partial charge in [0.25, 0.3) is 0 Å². The highest BCUT2D eigenvalue weighted by Crippen LogP contribution is 2.67. The van der Waals surface area contributed by atoms with Crippen molar-refractivity contribution in [1.29, 1.82) is 0 Å². The van der Waals surface area contributed by atoms with E-state index in [4.69, 9.17) is 0 Å². The van der Waals surface area contributed by atoms with Gasteiger partial charge < -0.3 is 10.2 Å². The Hall–Kier alpha value is -0.930. The maximum absolute atomic E-state index is 13.2. The summed E-state index contributed by atoms with van der Waals surface area (Å²) < 4.78 is 0. The van der Waals surface area contributed by atoms with Crippen molar-refractivity contribution >= 4 is 5.78 Å². The SMILES string of the molecule is CC(C)C/C=C/[C@@H](C)[C@H]1CC[C@H]2C3=CC(=O)[C@@]4(O)C[C@@H](O)CC[C@]4(C)[C@H]3CC[C@]12C. The molecule has 0 saturated heterocycles. The number of hydrogen-bond acceptors (Lipinski definition) is 3. The number of ketones is 1. The van der Waals surface area contributed by atoms with Gasteiger partial charge >= 0.3 is 0 Å². The van der Waals surface area contributed by atoms with E-state index in [1.54, 1.807) is 0 Å². The van der Waals surface area contributed by atoms with Crippen LogP contribution in [-0.2, 0) is 4.79 Å². The van der Waals surface area contributed by atoms with E-state index >= 15 is 0 Å². The molecule has 0 aromatic heterocycles. The van der Waals surface area contributed by atoms with Crippen LogP contribution in [0.25, 0.3) is 0 Å². The van der Waals surface area contributed by atoms with Gasteiger partial charge in [0.15, 0.2) is 5.78 Å². The first-order valence-corrected chi connectivity index (χ1v) is 12.4. The zero-order valence-electron chi connectivity index (χ0n) is 19.7. The Morgan fingerprint density at radius 2 is 1.83 bits per heavy atom. The van der Waals surface area contributed by atoms with Gasteiger partial charge in [-0.05, 0) is 86.0 Å². The Morgan fingerprint density at radius 1 is 1.10 bits per heavy atom. The van der Waals surface area contributed by atoms with Gasteiger partial charge in [0, 0.05) is 11.8 Å². The zero-order chi connectivity index (χ0) is 21.9. The average molecular weight is 415 g/mol. The number of aliphatic hydroxyl groups excluding tert-OH is 1. The number of allylic oxidation sites excluding steroid dienone is 3. The fourth-order valence-corrected chi connectivity index (χ4v) is 7.95. The van der Waals surface area contributed by atoms with Crippen LogP contribution >= 0.6 is 0 Å². The molecule has 168 valence electrons. The molecule has 0 aromatic rings. The zero-order valence-corrected chi connectivity index (χ0v) is 19.7. The molecule has 3 fully saturated rings. The Labute approximate surface area is 183 Å². The smallest absolute Gasteiger partial charge is 0.187 e. The summed E-state index contributed by atoms with van der Waals surface area (Å²) in [4.78, 5) is 13.2. The molecule has 3 saturated carbocycles. The van der Waals surface area contributed by atoms with E-state index in [1.165, 1.54) is 18.4 Å². The van der Waals surface area contributed by atoms with Gasteiger partial charge in [-0.25, -0.2) is 0 Å². The normalized spacial score (nSPS) is 47.1. The molecule has 0 bridgehead atoms. The van der Waals surface area contributed by atoms with Crippen molar-refractivity contribution in [1.82, 2.24) is 0 Å². The van der Waals surface area contributed by atoms with Gasteiger partial charge in [-0.1, -0.05) is 52.3 Å². The van der Waals surface area contributed by atoms with E-state index in [0.717, 1.165) is 25.7 Å². The molecule has 0 unspecified atom stereocenters. The van der Waals surface area contributed by atoms with Crippen LogP contribution in [0.3, 0.4) is 0 Å². The van der Waals surface area contributed by atoms with E-state index < -0.39 is 17.1 Å². The lowest BCUT2D eigenvalue weighted by molar-refractivity contribution is -0.180. The van der Waals surface area contributed by atoms with Crippen LogP contribution in [0.1, 0.15) is 86.0 Å². The summed E-state index contributed by atoms with van der Waals surface area (Å²) in [6, 6.07) is 0. The molecule has 0 aliphatic heterocycles. The minimum absolute atomic E-state index is 0.146. The van der Waals surface area contributed by atoms with Crippen molar-refractivity contribution < 1.29 is 15.0 Å². The molecule has 8 atom stereocenters. The van der Waals surface area contributed by atoms with Crippen LogP contribution < -0.4 is 0 Å². The van der Waals surface area contributed by atoms with Gasteiger partial charge in [0.2, 0.25) is 0 Å². The van der Waals surface area contributed by atoms with E-state index in [-0.39, 0.29) is 23.5 Å². The van der Waals surface area contributed by atoms with Gasteiger partial charge in [-0.15, -0.1) is 0 Å². The van der Waals surface area contributed by atoms with Crippen molar-refractivity contribution in [2.24, 2.45) is 40.4 Å². The number of rotatable bonds is 4. The van der Waals surface area contributed by atoms with E-state index in [1.807, 2.05) is 6.08 Å². The minimum atomic E-state index is -1.39. The van der Waals surface area contributed by atoms with Crippen molar-refractivity contribution in [2.45, 2.75) is 97.7 Å². The second-order valence-electron chi connectivity index (χ2n) is 11.9. The Morgan fingerprint density at radius 3 is 2.53 bits per heavy atom. The largest absolute Gasteiger partial charge is 0.393 e. The average Bonchev–Trinajstić information content (AvgIpc) is 3.01. The molecule has 3 nitrogen and oxygen atoms in total. The highest BCUT2D eigenvalue weighted by Gasteiger charge is 2.65. The molecule has 0 amide bonds. The second-order valence-corrected chi connectivity index (χ2v) is 11.9. The fraction of sp³-hybridized carbons (Fsp3) is 0.815. The predicted octanol–water partition coefficient (Wildman–Crippen LogP) is 5.46. The van der Waals surface area contributed by atoms with Gasteiger partial charge in [0.05, 0.1) is 6.10 Å². The molecule has 4 aliphatic carbocycles. The summed E-state index contributed by atoms with van der Waals surface area (Å²) in [5.74, 6) is 2.50. The van der Waals surface area contributed by atoms with Crippen LogP contribution in [0.4, 0.5) is 0 Å². The van der Waals surface area contributed by atoms with Crippen molar-refractivity contribution in [3.63, 3.8) is 0 Å². The van der Waals surface area contributed by atoms with Crippen LogP contribution in [0.15, 0.2) is 23.8 Å². The quantitative estimate of drug-likeness (QED) is 0.601. The molecule has 4 rings (SSSR count). The van der Waals surface area contributed by atoms with Crippen LogP contribution in [0.2, 0.25) is 0 Å². The third-order valence-corrected chi connectivity index (χ3v) is 9.81. The third-order valence-electron chi connectivity index (χ3n) is 9.81. The molecular formula is C27H42O3. The first-order valence-electron chi connectivity index (χ1n) is 12.4.